The topological polar surface area (TPSA) is 12.0 Å². The van der Waals surface area contributed by atoms with E-state index in [0.717, 1.165) is 6.42 Å². The zero-order valence-corrected chi connectivity index (χ0v) is 13.9. The molecule has 1 heteroatoms. The average Bonchev–Trinajstić information content (AvgIpc) is 3.14. The van der Waals surface area contributed by atoms with Gasteiger partial charge in [0.25, 0.3) is 0 Å². The highest BCUT2D eigenvalue weighted by atomic mass is 14.9. The van der Waals surface area contributed by atoms with Gasteiger partial charge in [0, 0.05) is 5.69 Å². The molecule has 0 aliphatic carbocycles. The molecule has 4 aromatic rings. The summed E-state index contributed by atoms with van der Waals surface area (Å²) in [6, 6.07) is 33.0. The molecule has 0 bridgehead atoms. The number of nitrogens with one attached hydrogen (secondary N) is 1. The van der Waals surface area contributed by atoms with E-state index in [9.17, 15) is 0 Å². The lowest BCUT2D eigenvalue weighted by Crippen LogP contribution is -2.05. The SMILES string of the molecule is c1ccc(-c2ccc(C3Cc4c(ccc5ccccc45)N3)cc2)cc1. The third-order valence-electron chi connectivity index (χ3n) is 5.20. The fraction of sp³-hybridized carbons (Fsp3) is 0.0833. The van der Waals surface area contributed by atoms with Gasteiger partial charge in [-0.25, -0.2) is 0 Å². The second kappa shape index (κ2) is 5.78. The van der Waals surface area contributed by atoms with Crippen molar-refractivity contribution >= 4 is 16.5 Å². The van der Waals surface area contributed by atoms with Crippen LogP contribution in [-0.2, 0) is 6.42 Å². The van der Waals surface area contributed by atoms with E-state index in [4.69, 9.17) is 0 Å². The minimum Gasteiger partial charge on any atom is -0.378 e. The van der Waals surface area contributed by atoms with Crippen molar-refractivity contribution in [1.29, 1.82) is 0 Å². The van der Waals surface area contributed by atoms with Gasteiger partial charge in [-0.3, -0.25) is 0 Å². The fourth-order valence-electron chi connectivity index (χ4n) is 3.87. The maximum absolute atomic E-state index is 3.70. The Morgan fingerprint density at radius 3 is 2.20 bits per heavy atom. The first-order chi connectivity index (χ1) is 12.4. The van der Waals surface area contributed by atoms with Gasteiger partial charge in [-0.15, -0.1) is 0 Å². The summed E-state index contributed by atoms with van der Waals surface area (Å²) in [5.74, 6) is 0. The standard InChI is InChI=1S/C24H19N/c1-2-6-17(7-3-1)18-10-12-20(13-11-18)24-16-22-21-9-5-4-8-19(21)14-15-23(22)25-24/h1-15,24-25H,16H2. The van der Waals surface area contributed by atoms with Crippen LogP contribution in [0.15, 0.2) is 91.0 Å². The summed E-state index contributed by atoms with van der Waals surface area (Å²) in [4.78, 5) is 0. The van der Waals surface area contributed by atoms with Crippen LogP contribution in [0.3, 0.4) is 0 Å². The van der Waals surface area contributed by atoms with Gasteiger partial charge >= 0.3 is 0 Å². The van der Waals surface area contributed by atoms with Crippen molar-refractivity contribution in [2.45, 2.75) is 12.5 Å². The van der Waals surface area contributed by atoms with Crippen LogP contribution in [0.25, 0.3) is 21.9 Å². The molecule has 0 fully saturated rings. The molecule has 5 rings (SSSR count). The summed E-state index contributed by atoms with van der Waals surface area (Å²) < 4.78 is 0. The van der Waals surface area contributed by atoms with Gasteiger partial charge in [-0.05, 0) is 45.5 Å². The number of rotatable bonds is 2. The first-order valence-corrected chi connectivity index (χ1v) is 8.81. The summed E-state index contributed by atoms with van der Waals surface area (Å²) in [6.45, 7) is 0. The van der Waals surface area contributed by atoms with Gasteiger partial charge in [0.15, 0.2) is 0 Å². The molecule has 1 unspecified atom stereocenters. The summed E-state index contributed by atoms with van der Waals surface area (Å²) in [7, 11) is 0. The molecule has 1 heterocycles. The van der Waals surface area contributed by atoms with Crippen LogP contribution in [-0.4, -0.2) is 0 Å². The van der Waals surface area contributed by atoms with E-state index in [1.165, 1.54) is 38.7 Å². The van der Waals surface area contributed by atoms with E-state index in [1.54, 1.807) is 0 Å². The Morgan fingerprint density at radius 2 is 1.36 bits per heavy atom. The molecule has 0 amide bonds. The molecule has 1 atom stereocenters. The maximum Gasteiger partial charge on any atom is 0.0555 e. The molecule has 1 aliphatic heterocycles. The molecule has 0 radical (unpaired) electrons. The van der Waals surface area contributed by atoms with Gasteiger partial charge in [-0.2, -0.15) is 0 Å². The number of benzene rings is 4. The highest BCUT2D eigenvalue weighted by Crippen LogP contribution is 2.38. The highest BCUT2D eigenvalue weighted by molar-refractivity contribution is 5.91. The lowest BCUT2D eigenvalue weighted by molar-refractivity contribution is 0.827. The first kappa shape index (κ1) is 14.3. The Labute approximate surface area is 148 Å². The maximum atomic E-state index is 3.70. The van der Waals surface area contributed by atoms with E-state index in [1.807, 2.05) is 0 Å². The van der Waals surface area contributed by atoms with Gasteiger partial charge < -0.3 is 5.32 Å². The van der Waals surface area contributed by atoms with Crippen LogP contribution >= 0.6 is 0 Å². The molecule has 120 valence electrons. The zero-order chi connectivity index (χ0) is 16.6. The van der Waals surface area contributed by atoms with Crippen molar-refractivity contribution in [1.82, 2.24) is 0 Å². The summed E-state index contributed by atoms with van der Waals surface area (Å²) in [5, 5.41) is 6.40. The fourth-order valence-corrected chi connectivity index (χ4v) is 3.87. The van der Waals surface area contributed by atoms with Crippen molar-refractivity contribution in [2.24, 2.45) is 0 Å². The molecule has 25 heavy (non-hydrogen) atoms. The number of anilines is 1. The van der Waals surface area contributed by atoms with Crippen LogP contribution < -0.4 is 5.32 Å². The molecule has 0 aromatic heterocycles. The molecular weight excluding hydrogens is 302 g/mol. The lowest BCUT2D eigenvalue weighted by Gasteiger charge is -2.12. The predicted molar refractivity (Wildman–Crippen MR) is 106 cm³/mol. The summed E-state index contributed by atoms with van der Waals surface area (Å²) in [6.07, 6.45) is 1.04. The Hall–Kier alpha value is -3.06. The molecule has 1 nitrogen and oxygen atoms in total. The number of hydrogen-bond donors (Lipinski definition) is 1. The van der Waals surface area contributed by atoms with E-state index in [0.29, 0.717) is 6.04 Å². The van der Waals surface area contributed by atoms with Crippen LogP contribution in [0.4, 0.5) is 5.69 Å². The van der Waals surface area contributed by atoms with Crippen molar-refractivity contribution in [3.63, 3.8) is 0 Å². The second-order valence-electron chi connectivity index (χ2n) is 6.70. The average molecular weight is 321 g/mol. The van der Waals surface area contributed by atoms with Crippen LogP contribution in [0.1, 0.15) is 17.2 Å². The van der Waals surface area contributed by atoms with Gasteiger partial charge in [-0.1, -0.05) is 84.9 Å². The Kier molecular flexibility index (Phi) is 3.31. The quantitative estimate of drug-likeness (QED) is 0.462. The van der Waals surface area contributed by atoms with Gasteiger partial charge in [0.1, 0.15) is 0 Å². The number of hydrogen-bond acceptors (Lipinski definition) is 1. The van der Waals surface area contributed by atoms with Crippen molar-refractivity contribution in [2.75, 3.05) is 5.32 Å². The van der Waals surface area contributed by atoms with Gasteiger partial charge in [0.05, 0.1) is 6.04 Å². The smallest absolute Gasteiger partial charge is 0.0555 e. The van der Waals surface area contributed by atoms with Crippen molar-refractivity contribution in [3.05, 3.63) is 102 Å². The molecule has 1 N–H and O–H groups in total. The van der Waals surface area contributed by atoms with Crippen molar-refractivity contribution in [3.8, 4) is 11.1 Å². The minimum atomic E-state index is 0.352. The molecule has 0 spiro atoms. The molecular formula is C24H19N. The zero-order valence-electron chi connectivity index (χ0n) is 13.9. The predicted octanol–water partition coefficient (Wildman–Crippen LogP) is 6.22. The summed E-state index contributed by atoms with van der Waals surface area (Å²) >= 11 is 0. The van der Waals surface area contributed by atoms with E-state index in [2.05, 4.69) is 96.3 Å². The second-order valence-corrected chi connectivity index (χ2v) is 6.70. The Morgan fingerprint density at radius 1 is 0.640 bits per heavy atom. The first-order valence-electron chi connectivity index (χ1n) is 8.81. The summed E-state index contributed by atoms with van der Waals surface area (Å²) in [5.41, 5.74) is 6.60. The number of fused-ring (bicyclic) bond motifs is 3. The van der Waals surface area contributed by atoms with Gasteiger partial charge in [0.2, 0.25) is 0 Å². The minimum absolute atomic E-state index is 0.352. The molecule has 4 aromatic carbocycles. The lowest BCUT2D eigenvalue weighted by atomic mass is 9.97. The Balaban J connectivity index is 1.46. The van der Waals surface area contributed by atoms with E-state index >= 15 is 0 Å². The van der Waals surface area contributed by atoms with Crippen molar-refractivity contribution < 1.29 is 0 Å². The monoisotopic (exact) mass is 321 g/mol. The third kappa shape index (κ3) is 2.49. The Bertz CT molecular complexity index is 1030. The highest BCUT2D eigenvalue weighted by Gasteiger charge is 2.23. The molecule has 0 saturated heterocycles. The molecule has 1 aliphatic rings. The van der Waals surface area contributed by atoms with Crippen LogP contribution in [0.2, 0.25) is 0 Å². The normalized spacial score (nSPS) is 15.8. The third-order valence-corrected chi connectivity index (χ3v) is 5.20. The van der Waals surface area contributed by atoms with E-state index < -0.39 is 0 Å². The van der Waals surface area contributed by atoms with E-state index in [-0.39, 0.29) is 0 Å². The molecule has 0 saturated carbocycles. The largest absolute Gasteiger partial charge is 0.378 e. The van der Waals surface area contributed by atoms with Crippen LogP contribution in [0, 0.1) is 0 Å². The van der Waals surface area contributed by atoms with Crippen LogP contribution in [0.5, 0.6) is 0 Å².